The van der Waals surface area contributed by atoms with E-state index in [-0.39, 0.29) is 12.2 Å². The zero-order valence-corrected chi connectivity index (χ0v) is 12.2. The fraction of sp³-hybridized carbons (Fsp3) is 0.417. The van der Waals surface area contributed by atoms with Gasteiger partial charge in [0, 0.05) is 12.1 Å². The standard InChI is InChI=1S/C12H17FN2O4S/c1-12(2,15-20(3,18)19)7-14-9-6-4-5-8(13)10(9)11(16)17/h4-6,14-15H,7H2,1-3H3,(H,16,17). The van der Waals surface area contributed by atoms with Crippen molar-refractivity contribution in [2.24, 2.45) is 0 Å². The molecule has 0 aliphatic heterocycles. The average molecular weight is 304 g/mol. The number of sulfonamides is 1. The number of anilines is 1. The van der Waals surface area contributed by atoms with Crippen molar-refractivity contribution >= 4 is 21.7 Å². The van der Waals surface area contributed by atoms with Crippen molar-refractivity contribution < 1.29 is 22.7 Å². The normalized spacial score (nSPS) is 12.2. The monoisotopic (exact) mass is 304 g/mol. The molecule has 0 aliphatic carbocycles. The van der Waals surface area contributed by atoms with Gasteiger partial charge in [0.15, 0.2) is 0 Å². The summed E-state index contributed by atoms with van der Waals surface area (Å²) in [6.45, 7) is 3.35. The number of nitrogens with one attached hydrogen (secondary N) is 2. The molecule has 0 atom stereocenters. The zero-order chi connectivity index (χ0) is 15.6. The number of hydrogen-bond donors (Lipinski definition) is 3. The first-order valence-corrected chi connectivity index (χ1v) is 7.65. The molecule has 0 spiro atoms. The molecule has 0 heterocycles. The molecule has 3 N–H and O–H groups in total. The van der Waals surface area contributed by atoms with E-state index in [0.717, 1.165) is 12.3 Å². The zero-order valence-electron chi connectivity index (χ0n) is 11.4. The molecule has 1 rings (SSSR count). The van der Waals surface area contributed by atoms with Crippen LogP contribution in [0.4, 0.5) is 10.1 Å². The van der Waals surface area contributed by atoms with E-state index in [1.807, 2.05) is 0 Å². The fourth-order valence-electron chi connectivity index (χ4n) is 1.74. The Morgan fingerprint density at radius 1 is 1.40 bits per heavy atom. The molecule has 0 saturated heterocycles. The maximum absolute atomic E-state index is 13.5. The van der Waals surface area contributed by atoms with Gasteiger partial charge in [-0.15, -0.1) is 0 Å². The van der Waals surface area contributed by atoms with Crippen molar-refractivity contribution in [1.82, 2.24) is 4.72 Å². The van der Waals surface area contributed by atoms with Gasteiger partial charge in [-0.3, -0.25) is 0 Å². The second-order valence-electron chi connectivity index (χ2n) is 5.08. The molecule has 1 aromatic rings. The third kappa shape index (κ3) is 4.78. The van der Waals surface area contributed by atoms with Crippen LogP contribution < -0.4 is 10.0 Å². The van der Waals surface area contributed by atoms with Gasteiger partial charge in [0.2, 0.25) is 10.0 Å². The first-order valence-electron chi connectivity index (χ1n) is 5.76. The predicted molar refractivity (Wildman–Crippen MR) is 73.9 cm³/mol. The summed E-state index contributed by atoms with van der Waals surface area (Å²) in [7, 11) is -3.40. The van der Waals surface area contributed by atoms with Crippen molar-refractivity contribution in [3.05, 3.63) is 29.6 Å². The van der Waals surface area contributed by atoms with Crippen molar-refractivity contribution in [1.29, 1.82) is 0 Å². The molecule has 0 fully saturated rings. The van der Waals surface area contributed by atoms with Crippen LogP contribution in [0.15, 0.2) is 18.2 Å². The summed E-state index contributed by atoms with van der Waals surface area (Å²) >= 11 is 0. The van der Waals surface area contributed by atoms with E-state index in [4.69, 9.17) is 5.11 Å². The molecule has 0 saturated carbocycles. The van der Waals surface area contributed by atoms with Crippen molar-refractivity contribution in [3.63, 3.8) is 0 Å². The Morgan fingerprint density at radius 3 is 2.50 bits per heavy atom. The number of aromatic carboxylic acids is 1. The van der Waals surface area contributed by atoms with E-state index in [0.29, 0.717) is 0 Å². The number of benzene rings is 1. The van der Waals surface area contributed by atoms with Gasteiger partial charge in [-0.25, -0.2) is 22.3 Å². The molecule has 0 radical (unpaired) electrons. The number of carboxylic acid groups (broad SMARTS) is 1. The Kier molecular flexibility index (Phi) is 4.72. The van der Waals surface area contributed by atoms with Crippen LogP contribution in [0.25, 0.3) is 0 Å². The predicted octanol–water partition coefficient (Wildman–Crippen LogP) is 1.26. The maximum Gasteiger partial charge on any atom is 0.340 e. The van der Waals surface area contributed by atoms with E-state index in [2.05, 4.69) is 10.0 Å². The topological polar surface area (TPSA) is 95.5 Å². The fourth-order valence-corrected chi connectivity index (χ4v) is 2.82. The Hall–Kier alpha value is -1.67. The number of carbonyl (C=O) groups is 1. The van der Waals surface area contributed by atoms with Crippen LogP contribution in [0.2, 0.25) is 0 Å². The highest BCUT2D eigenvalue weighted by molar-refractivity contribution is 7.88. The van der Waals surface area contributed by atoms with E-state index < -0.39 is 32.9 Å². The van der Waals surface area contributed by atoms with Gasteiger partial charge in [0.05, 0.1) is 11.9 Å². The van der Waals surface area contributed by atoms with Crippen molar-refractivity contribution in [2.75, 3.05) is 18.1 Å². The van der Waals surface area contributed by atoms with Gasteiger partial charge in [-0.1, -0.05) is 6.07 Å². The minimum atomic E-state index is -3.40. The largest absolute Gasteiger partial charge is 0.478 e. The van der Waals surface area contributed by atoms with E-state index in [1.54, 1.807) is 13.8 Å². The third-order valence-electron chi connectivity index (χ3n) is 2.41. The molecule has 112 valence electrons. The molecular formula is C12H17FN2O4S. The van der Waals surface area contributed by atoms with Gasteiger partial charge in [-0.2, -0.15) is 0 Å². The lowest BCUT2D eigenvalue weighted by Gasteiger charge is -2.26. The number of rotatable bonds is 6. The summed E-state index contributed by atoms with van der Waals surface area (Å²) in [5.74, 6) is -2.24. The lowest BCUT2D eigenvalue weighted by atomic mass is 10.1. The number of halogens is 1. The number of carboxylic acids is 1. The van der Waals surface area contributed by atoms with Crippen molar-refractivity contribution in [2.45, 2.75) is 19.4 Å². The first kappa shape index (κ1) is 16.4. The first-order chi connectivity index (χ1) is 9.02. The van der Waals surface area contributed by atoms with Gasteiger partial charge < -0.3 is 10.4 Å². The molecular weight excluding hydrogens is 287 g/mol. The Morgan fingerprint density at radius 2 is 2.00 bits per heavy atom. The SMILES string of the molecule is CC(C)(CNc1cccc(F)c1C(=O)O)NS(C)(=O)=O. The van der Waals surface area contributed by atoms with Gasteiger partial charge in [0.25, 0.3) is 0 Å². The third-order valence-corrected chi connectivity index (χ3v) is 3.33. The Labute approximate surface area is 117 Å². The van der Waals surface area contributed by atoms with Gasteiger partial charge in [-0.05, 0) is 26.0 Å². The summed E-state index contributed by atoms with van der Waals surface area (Å²) < 4.78 is 38.2. The lowest BCUT2D eigenvalue weighted by molar-refractivity contribution is 0.0693. The Bertz CT molecular complexity index is 614. The van der Waals surface area contributed by atoms with Crippen molar-refractivity contribution in [3.8, 4) is 0 Å². The summed E-state index contributed by atoms with van der Waals surface area (Å²) in [6, 6.07) is 3.85. The lowest BCUT2D eigenvalue weighted by Crippen LogP contribution is -2.47. The summed E-state index contributed by atoms with van der Waals surface area (Å²) in [5, 5.41) is 11.7. The molecule has 0 bridgehead atoms. The highest BCUT2D eigenvalue weighted by Gasteiger charge is 2.23. The summed E-state index contributed by atoms with van der Waals surface area (Å²) in [4.78, 5) is 11.0. The van der Waals surface area contributed by atoms with Crippen LogP contribution in [-0.4, -0.2) is 37.8 Å². The molecule has 0 unspecified atom stereocenters. The highest BCUT2D eigenvalue weighted by Crippen LogP contribution is 2.19. The van der Waals surface area contributed by atoms with Crippen LogP contribution in [0, 0.1) is 5.82 Å². The molecule has 8 heteroatoms. The van der Waals surface area contributed by atoms with Gasteiger partial charge >= 0.3 is 5.97 Å². The van der Waals surface area contributed by atoms with Crippen LogP contribution >= 0.6 is 0 Å². The van der Waals surface area contributed by atoms with Crippen LogP contribution in [0.1, 0.15) is 24.2 Å². The van der Waals surface area contributed by atoms with E-state index >= 15 is 0 Å². The minimum Gasteiger partial charge on any atom is -0.478 e. The average Bonchev–Trinajstić information content (AvgIpc) is 2.22. The highest BCUT2D eigenvalue weighted by atomic mass is 32.2. The second kappa shape index (κ2) is 5.76. The smallest absolute Gasteiger partial charge is 0.340 e. The summed E-state index contributed by atoms with van der Waals surface area (Å²) in [5.41, 5.74) is -1.22. The Balaban J connectivity index is 2.91. The maximum atomic E-state index is 13.5. The van der Waals surface area contributed by atoms with E-state index in [1.165, 1.54) is 12.1 Å². The molecule has 0 aliphatic rings. The molecule has 0 aromatic heterocycles. The van der Waals surface area contributed by atoms with Crippen LogP contribution in [0.5, 0.6) is 0 Å². The quantitative estimate of drug-likeness (QED) is 0.735. The summed E-state index contributed by atoms with van der Waals surface area (Å²) in [6.07, 6.45) is 1.03. The molecule has 0 amide bonds. The van der Waals surface area contributed by atoms with Gasteiger partial charge in [0.1, 0.15) is 11.4 Å². The molecule has 6 nitrogen and oxygen atoms in total. The molecule has 20 heavy (non-hydrogen) atoms. The molecule has 1 aromatic carbocycles. The van der Waals surface area contributed by atoms with E-state index in [9.17, 15) is 17.6 Å². The minimum absolute atomic E-state index is 0.0980. The second-order valence-corrected chi connectivity index (χ2v) is 6.83. The van der Waals surface area contributed by atoms with Crippen LogP contribution in [-0.2, 0) is 10.0 Å². The van der Waals surface area contributed by atoms with Crippen LogP contribution in [0.3, 0.4) is 0 Å². The number of hydrogen-bond acceptors (Lipinski definition) is 4.